The molecular weight excluding hydrogens is 232 g/mol. The Hall–Kier alpha value is -0.690. The molecule has 1 saturated heterocycles. The number of hydrogen-bond acceptors (Lipinski definition) is 5. The lowest BCUT2D eigenvalue weighted by Gasteiger charge is -2.37. The average molecular weight is 258 g/mol. The van der Waals surface area contributed by atoms with Gasteiger partial charge in [-0.25, -0.2) is 0 Å². The highest BCUT2D eigenvalue weighted by molar-refractivity contribution is 5.77. The molecule has 1 amide bonds. The number of likely N-dealkylation sites (N-methyl/N-ethyl adjacent to an activating group) is 2. The van der Waals surface area contributed by atoms with Crippen molar-refractivity contribution in [3.63, 3.8) is 0 Å². The maximum absolute atomic E-state index is 11.5. The summed E-state index contributed by atoms with van der Waals surface area (Å²) in [6.45, 7) is 5.60. The Morgan fingerprint density at radius 3 is 2.89 bits per heavy atom. The third-order valence-corrected chi connectivity index (χ3v) is 3.27. The van der Waals surface area contributed by atoms with Crippen LogP contribution in [0.4, 0.5) is 0 Å². The monoisotopic (exact) mass is 258 g/mol. The van der Waals surface area contributed by atoms with Crippen molar-refractivity contribution < 1.29 is 9.53 Å². The van der Waals surface area contributed by atoms with Crippen LogP contribution in [0, 0.1) is 0 Å². The van der Waals surface area contributed by atoms with E-state index in [-0.39, 0.29) is 5.91 Å². The van der Waals surface area contributed by atoms with Gasteiger partial charge in [0.15, 0.2) is 0 Å². The summed E-state index contributed by atoms with van der Waals surface area (Å²) in [6, 6.07) is 0.482. The fourth-order valence-corrected chi connectivity index (χ4v) is 2.03. The zero-order valence-corrected chi connectivity index (χ0v) is 11.7. The fraction of sp³-hybridized carbons (Fsp3) is 0.917. The largest absolute Gasteiger partial charge is 0.383 e. The number of carbonyl (C=O) groups is 1. The van der Waals surface area contributed by atoms with E-state index in [1.165, 1.54) is 0 Å². The number of carbonyl (C=O) groups excluding carboxylic acids is 1. The Morgan fingerprint density at radius 1 is 1.39 bits per heavy atom. The quantitative estimate of drug-likeness (QED) is 0.549. The molecular formula is C12H26N4O2. The van der Waals surface area contributed by atoms with Crippen molar-refractivity contribution in [3.05, 3.63) is 0 Å². The van der Waals surface area contributed by atoms with E-state index in [0.29, 0.717) is 25.7 Å². The molecule has 6 heteroatoms. The smallest absolute Gasteiger partial charge is 0.234 e. The first kappa shape index (κ1) is 15.4. The minimum Gasteiger partial charge on any atom is -0.383 e. The molecule has 0 radical (unpaired) electrons. The first-order valence-electron chi connectivity index (χ1n) is 6.48. The molecule has 0 aliphatic carbocycles. The molecule has 0 spiro atoms. The molecule has 0 saturated carbocycles. The van der Waals surface area contributed by atoms with Crippen LogP contribution < -0.4 is 10.6 Å². The normalized spacial score (nSPS) is 22.1. The van der Waals surface area contributed by atoms with E-state index in [1.807, 2.05) is 0 Å². The van der Waals surface area contributed by atoms with Crippen molar-refractivity contribution in [2.75, 3.05) is 67.1 Å². The summed E-state index contributed by atoms with van der Waals surface area (Å²) in [4.78, 5) is 16.1. The number of piperazine rings is 1. The van der Waals surface area contributed by atoms with Crippen LogP contribution in [0.5, 0.6) is 0 Å². The van der Waals surface area contributed by atoms with E-state index in [1.54, 1.807) is 7.11 Å². The molecule has 1 aliphatic heterocycles. The Morgan fingerprint density at radius 2 is 2.17 bits per heavy atom. The van der Waals surface area contributed by atoms with Crippen molar-refractivity contribution in [3.8, 4) is 0 Å². The van der Waals surface area contributed by atoms with Gasteiger partial charge in [0.1, 0.15) is 0 Å². The SMILES string of the molecule is COCCNC(=O)CNCC1CN(C)CCN1C. The third-order valence-electron chi connectivity index (χ3n) is 3.27. The lowest BCUT2D eigenvalue weighted by atomic mass is 10.2. The average Bonchev–Trinajstić information content (AvgIpc) is 2.34. The molecule has 18 heavy (non-hydrogen) atoms. The fourth-order valence-electron chi connectivity index (χ4n) is 2.03. The van der Waals surface area contributed by atoms with Gasteiger partial charge in [-0.3, -0.25) is 9.69 Å². The molecule has 1 fully saturated rings. The molecule has 0 bridgehead atoms. The Bertz CT molecular complexity index is 250. The summed E-state index contributed by atoms with van der Waals surface area (Å²) in [5, 5.41) is 6.00. The van der Waals surface area contributed by atoms with Crippen molar-refractivity contribution in [1.82, 2.24) is 20.4 Å². The van der Waals surface area contributed by atoms with Gasteiger partial charge in [0.2, 0.25) is 5.91 Å². The van der Waals surface area contributed by atoms with Gasteiger partial charge in [-0.2, -0.15) is 0 Å². The zero-order valence-electron chi connectivity index (χ0n) is 11.7. The van der Waals surface area contributed by atoms with Crippen molar-refractivity contribution in [1.29, 1.82) is 0 Å². The molecule has 1 unspecified atom stereocenters. The Balaban J connectivity index is 2.10. The van der Waals surface area contributed by atoms with Crippen LogP contribution in [0.25, 0.3) is 0 Å². The predicted molar refractivity (Wildman–Crippen MR) is 71.7 cm³/mol. The van der Waals surface area contributed by atoms with Gasteiger partial charge in [0, 0.05) is 45.9 Å². The van der Waals surface area contributed by atoms with Gasteiger partial charge in [-0.1, -0.05) is 0 Å². The molecule has 1 heterocycles. The minimum absolute atomic E-state index is 0.0267. The van der Waals surface area contributed by atoms with E-state index < -0.39 is 0 Å². The summed E-state index contributed by atoms with van der Waals surface area (Å²) < 4.78 is 4.87. The van der Waals surface area contributed by atoms with E-state index in [4.69, 9.17) is 4.74 Å². The molecule has 106 valence electrons. The number of nitrogens with zero attached hydrogens (tertiary/aromatic N) is 2. The van der Waals surface area contributed by atoms with Crippen LogP contribution in [0.15, 0.2) is 0 Å². The Kier molecular flexibility index (Phi) is 7.19. The molecule has 0 aromatic carbocycles. The maximum atomic E-state index is 11.5. The highest BCUT2D eigenvalue weighted by Gasteiger charge is 2.21. The molecule has 0 aromatic heterocycles. The first-order chi connectivity index (χ1) is 8.63. The second-order valence-corrected chi connectivity index (χ2v) is 4.87. The van der Waals surface area contributed by atoms with E-state index in [2.05, 4.69) is 34.5 Å². The first-order valence-corrected chi connectivity index (χ1v) is 6.48. The topological polar surface area (TPSA) is 56.8 Å². The van der Waals surface area contributed by atoms with Crippen molar-refractivity contribution >= 4 is 5.91 Å². The zero-order chi connectivity index (χ0) is 13.4. The van der Waals surface area contributed by atoms with E-state index in [9.17, 15) is 4.79 Å². The molecule has 6 nitrogen and oxygen atoms in total. The van der Waals surface area contributed by atoms with Gasteiger partial charge >= 0.3 is 0 Å². The standard InChI is InChI=1S/C12H26N4O2/c1-15-5-6-16(2)11(10-15)8-13-9-12(17)14-4-7-18-3/h11,13H,4-10H2,1-3H3,(H,14,17). The highest BCUT2D eigenvalue weighted by atomic mass is 16.5. The number of amides is 1. The highest BCUT2D eigenvalue weighted by Crippen LogP contribution is 2.04. The molecule has 1 atom stereocenters. The van der Waals surface area contributed by atoms with Crippen LogP contribution in [0.1, 0.15) is 0 Å². The maximum Gasteiger partial charge on any atom is 0.234 e. The van der Waals surface area contributed by atoms with Gasteiger partial charge in [0.05, 0.1) is 13.2 Å². The van der Waals surface area contributed by atoms with Crippen LogP contribution in [0.3, 0.4) is 0 Å². The number of nitrogens with one attached hydrogen (secondary N) is 2. The lowest BCUT2D eigenvalue weighted by molar-refractivity contribution is -0.120. The van der Waals surface area contributed by atoms with Crippen molar-refractivity contribution in [2.45, 2.75) is 6.04 Å². The number of rotatable bonds is 7. The summed E-state index contributed by atoms with van der Waals surface area (Å²) in [7, 11) is 5.90. The van der Waals surface area contributed by atoms with E-state index >= 15 is 0 Å². The van der Waals surface area contributed by atoms with Gasteiger partial charge in [-0.15, -0.1) is 0 Å². The van der Waals surface area contributed by atoms with E-state index in [0.717, 1.165) is 26.2 Å². The summed E-state index contributed by atoms with van der Waals surface area (Å²) in [6.07, 6.45) is 0. The van der Waals surface area contributed by atoms with Gasteiger partial charge in [0.25, 0.3) is 0 Å². The Labute approximate surface area is 110 Å². The summed E-state index contributed by atoms with van der Waals surface area (Å²) in [5.74, 6) is 0.0267. The van der Waals surface area contributed by atoms with Gasteiger partial charge in [-0.05, 0) is 14.1 Å². The second kappa shape index (κ2) is 8.42. The van der Waals surface area contributed by atoms with Crippen LogP contribution in [0.2, 0.25) is 0 Å². The second-order valence-electron chi connectivity index (χ2n) is 4.87. The molecule has 1 rings (SSSR count). The van der Waals surface area contributed by atoms with Gasteiger partial charge < -0.3 is 20.3 Å². The molecule has 1 aliphatic rings. The lowest BCUT2D eigenvalue weighted by Crippen LogP contribution is -2.54. The van der Waals surface area contributed by atoms with Crippen LogP contribution >= 0.6 is 0 Å². The third kappa shape index (κ3) is 5.77. The summed E-state index contributed by atoms with van der Waals surface area (Å²) in [5.41, 5.74) is 0. The number of methoxy groups -OCH3 is 1. The molecule has 0 aromatic rings. The minimum atomic E-state index is 0.0267. The molecule has 2 N–H and O–H groups in total. The summed E-state index contributed by atoms with van der Waals surface area (Å²) >= 11 is 0. The van der Waals surface area contributed by atoms with Crippen molar-refractivity contribution in [2.24, 2.45) is 0 Å². The predicted octanol–water partition coefficient (Wildman–Crippen LogP) is -1.42. The van der Waals surface area contributed by atoms with Crippen LogP contribution in [-0.2, 0) is 9.53 Å². The number of ether oxygens (including phenoxy) is 1. The van der Waals surface area contributed by atoms with Crippen LogP contribution in [-0.4, -0.2) is 88.8 Å². The number of hydrogen-bond donors (Lipinski definition) is 2.